The Kier molecular flexibility index (Phi) is 3.16. The molecular weight excluding hydrogens is 241 g/mol. The van der Waals surface area contributed by atoms with Crippen molar-refractivity contribution < 1.29 is 30.7 Å². The molecule has 0 aliphatic rings. The lowest BCUT2D eigenvalue weighted by Crippen LogP contribution is -2.16. The van der Waals surface area contributed by atoms with Gasteiger partial charge < -0.3 is 0 Å². The molecule has 0 bridgehead atoms. The maximum Gasteiger partial charge on any atom is 0.422 e. The highest BCUT2D eigenvalue weighted by molar-refractivity contribution is 5.36. The second-order valence-electron chi connectivity index (χ2n) is 3.05. The molecule has 0 aliphatic heterocycles. The first-order valence-corrected chi connectivity index (χ1v) is 4.00. The molecule has 0 fully saturated rings. The van der Waals surface area contributed by atoms with Gasteiger partial charge in [-0.15, -0.1) is 0 Å². The Hall–Kier alpha value is -1.27. The molecule has 0 N–H and O–H groups in total. The molecular formula is C9H5F7. The molecule has 0 spiro atoms. The van der Waals surface area contributed by atoms with Gasteiger partial charge in [0.25, 0.3) is 0 Å². The Morgan fingerprint density at radius 2 is 1.44 bits per heavy atom. The van der Waals surface area contributed by atoms with Crippen LogP contribution in [0.4, 0.5) is 30.7 Å². The van der Waals surface area contributed by atoms with Crippen molar-refractivity contribution >= 4 is 0 Å². The smallest absolute Gasteiger partial charge is 0.246 e. The van der Waals surface area contributed by atoms with E-state index in [0.717, 1.165) is 6.92 Å². The maximum atomic E-state index is 13.1. The van der Waals surface area contributed by atoms with Crippen molar-refractivity contribution in [1.29, 1.82) is 0 Å². The van der Waals surface area contributed by atoms with Gasteiger partial charge in [0, 0.05) is 5.56 Å². The van der Waals surface area contributed by atoms with Crippen molar-refractivity contribution in [3.05, 3.63) is 34.1 Å². The van der Waals surface area contributed by atoms with Gasteiger partial charge in [-0.05, 0) is 12.5 Å². The summed E-state index contributed by atoms with van der Waals surface area (Å²) >= 11 is 0. The Morgan fingerprint density at radius 3 is 1.81 bits per heavy atom. The highest BCUT2D eigenvalue weighted by atomic mass is 19.4. The van der Waals surface area contributed by atoms with Crippen LogP contribution < -0.4 is 0 Å². The van der Waals surface area contributed by atoms with Crippen LogP contribution in [0.5, 0.6) is 0 Å². The number of benzene rings is 1. The van der Waals surface area contributed by atoms with Crippen LogP contribution in [0.1, 0.15) is 16.7 Å². The van der Waals surface area contributed by atoms with Gasteiger partial charge in [0.1, 0.15) is 18.1 Å². The molecule has 0 unspecified atom stereocenters. The highest BCUT2D eigenvalue weighted by Gasteiger charge is 2.41. The van der Waals surface area contributed by atoms with Gasteiger partial charge in [0.15, 0.2) is 11.6 Å². The van der Waals surface area contributed by atoms with Crippen LogP contribution in [0, 0.1) is 24.4 Å². The number of halogens is 7. The topological polar surface area (TPSA) is 0 Å². The second kappa shape index (κ2) is 3.95. The van der Waals surface area contributed by atoms with Crippen LogP contribution in [0.3, 0.4) is 0 Å². The minimum absolute atomic E-state index is 0.800. The Labute approximate surface area is 85.7 Å². The zero-order chi connectivity index (χ0) is 12.7. The molecule has 0 atom stereocenters. The minimum Gasteiger partial charge on any atom is -0.246 e. The van der Waals surface area contributed by atoms with Gasteiger partial charge in [-0.2, -0.15) is 13.2 Å². The van der Waals surface area contributed by atoms with Crippen molar-refractivity contribution in [2.24, 2.45) is 0 Å². The van der Waals surface area contributed by atoms with Crippen LogP contribution in [0.2, 0.25) is 0 Å². The normalized spacial score (nSPS) is 12.0. The second-order valence-corrected chi connectivity index (χ2v) is 3.05. The quantitative estimate of drug-likeness (QED) is 0.520. The minimum atomic E-state index is -5.41. The summed E-state index contributed by atoms with van der Waals surface area (Å²) in [5, 5.41) is 0. The summed E-state index contributed by atoms with van der Waals surface area (Å²) in [7, 11) is 0. The zero-order valence-corrected chi connectivity index (χ0v) is 7.85. The molecule has 0 heterocycles. The fraction of sp³-hybridized carbons (Fsp3) is 0.333. The molecule has 0 nitrogen and oxygen atoms in total. The molecule has 0 saturated carbocycles. The first-order chi connectivity index (χ1) is 7.21. The molecule has 16 heavy (non-hydrogen) atoms. The number of alkyl halides is 4. The van der Waals surface area contributed by atoms with Gasteiger partial charge in [0.05, 0.1) is 0 Å². The Balaban J connectivity index is 3.69. The first kappa shape index (κ1) is 12.8. The van der Waals surface area contributed by atoms with E-state index in [-0.39, 0.29) is 0 Å². The van der Waals surface area contributed by atoms with E-state index >= 15 is 0 Å². The SMILES string of the molecule is Cc1c(F)c(F)c(C(F)(F)F)c(F)c1CF. The first-order valence-electron chi connectivity index (χ1n) is 4.00. The molecule has 0 saturated heterocycles. The van der Waals surface area contributed by atoms with Crippen molar-refractivity contribution in [1.82, 2.24) is 0 Å². The van der Waals surface area contributed by atoms with E-state index in [1.165, 1.54) is 0 Å². The van der Waals surface area contributed by atoms with E-state index in [1.54, 1.807) is 0 Å². The summed E-state index contributed by atoms with van der Waals surface area (Å²) in [6.45, 7) is -0.839. The van der Waals surface area contributed by atoms with E-state index in [1.807, 2.05) is 0 Å². The maximum absolute atomic E-state index is 13.1. The third kappa shape index (κ3) is 1.85. The third-order valence-electron chi connectivity index (χ3n) is 2.10. The van der Waals surface area contributed by atoms with Gasteiger partial charge in [0.2, 0.25) is 0 Å². The van der Waals surface area contributed by atoms with Crippen LogP contribution in [-0.2, 0) is 12.9 Å². The third-order valence-corrected chi connectivity index (χ3v) is 2.10. The van der Waals surface area contributed by atoms with Crippen LogP contribution in [-0.4, -0.2) is 0 Å². The van der Waals surface area contributed by atoms with E-state index in [4.69, 9.17) is 0 Å². The molecule has 1 aromatic carbocycles. The van der Waals surface area contributed by atoms with E-state index in [0.29, 0.717) is 0 Å². The van der Waals surface area contributed by atoms with Crippen LogP contribution in [0.15, 0.2) is 0 Å². The van der Waals surface area contributed by atoms with Crippen LogP contribution in [0.25, 0.3) is 0 Å². The standard InChI is InChI=1S/C9H5F7/c1-3-4(2-10)7(12)5(9(14,15)16)8(13)6(3)11/h2H2,1H3. The highest BCUT2D eigenvalue weighted by Crippen LogP contribution is 2.37. The lowest BCUT2D eigenvalue weighted by atomic mass is 10.0. The Bertz CT molecular complexity index is 419. The molecule has 1 rings (SSSR count). The zero-order valence-electron chi connectivity index (χ0n) is 7.85. The molecule has 0 amide bonds. The molecule has 1 aromatic rings. The van der Waals surface area contributed by atoms with Gasteiger partial charge in [-0.25, -0.2) is 17.6 Å². The van der Waals surface area contributed by atoms with Crippen molar-refractivity contribution in [2.75, 3.05) is 0 Å². The molecule has 0 aliphatic carbocycles. The average Bonchev–Trinajstić information content (AvgIpc) is 2.13. The Morgan fingerprint density at radius 1 is 0.938 bits per heavy atom. The van der Waals surface area contributed by atoms with Crippen LogP contribution >= 0.6 is 0 Å². The van der Waals surface area contributed by atoms with Gasteiger partial charge >= 0.3 is 6.18 Å². The summed E-state index contributed by atoms with van der Waals surface area (Å²) in [6.07, 6.45) is -5.41. The number of hydrogen-bond donors (Lipinski definition) is 0. The lowest BCUT2D eigenvalue weighted by molar-refractivity contribution is -0.142. The van der Waals surface area contributed by atoms with Crippen molar-refractivity contribution in [3.8, 4) is 0 Å². The summed E-state index contributed by atoms with van der Waals surface area (Å²) in [5.41, 5.74) is -4.32. The number of hydrogen-bond acceptors (Lipinski definition) is 0. The molecule has 0 aromatic heterocycles. The molecule has 90 valence electrons. The fourth-order valence-electron chi connectivity index (χ4n) is 1.23. The summed E-state index contributed by atoms with van der Waals surface area (Å²) < 4.78 is 87.7. The fourth-order valence-corrected chi connectivity index (χ4v) is 1.23. The molecule has 7 heteroatoms. The van der Waals surface area contributed by atoms with E-state index in [9.17, 15) is 30.7 Å². The van der Waals surface area contributed by atoms with E-state index < -0.39 is 47.0 Å². The predicted molar refractivity (Wildman–Crippen MR) is 40.9 cm³/mol. The van der Waals surface area contributed by atoms with E-state index in [2.05, 4.69) is 0 Å². The van der Waals surface area contributed by atoms with Gasteiger partial charge in [-0.1, -0.05) is 0 Å². The van der Waals surface area contributed by atoms with Crippen molar-refractivity contribution in [3.63, 3.8) is 0 Å². The summed E-state index contributed by atoms with van der Waals surface area (Å²) in [4.78, 5) is 0. The monoisotopic (exact) mass is 246 g/mol. The largest absolute Gasteiger partial charge is 0.422 e. The predicted octanol–water partition coefficient (Wildman–Crippen LogP) is 3.90. The number of rotatable bonds is 1. The summed E-state index contributed by atoms with van der Waals surface area (Å²) in [6, 6.07) is 0. The molecule has 0 radical (unpaired) electrons. The lowest BCUT2D eigenvalue weighted by Gasteiger charge is -2.14. The van der Waals surface area contributed by atoms with Gasteiger partial charge in [-0.3, -0.25) is 0 Å². The van der Waals surface area contributed by atoms with Crippen molar-refractivity contribution in [2.45, 2.75) is 19.8 Å². The summed E-state index contributed by atoms with van der Waals surface area (Å²) in [5.74, 6) is -6.34. The average molecular weight is 246 g/mol.